The van der Waals surface area contributed by atoms with E-state index >= 15 is 0 Å². The number of rotatable bonds is 7. The molecule has 1 amide bonds. The molecule has 0 aliphatic heterocycles. The Bertz CT molecular complexity index is 354. The molecule has 1 aromatic carbocycles. The summed E-state index contributed by atoms with van der Waals surface area (Å²) in [6, 6.07) is 6.43. The number of carbonyl (C=O) groups is 1. The standard InChI is InChI=1S/C12H17FN2O2/c1-9(10-2-4-11(13)5-3-10)15-6-7-17-8-12(14)16/h2-5,9,15H,6-8H2,1H3,(H2,14,16). The van der Waals surface area contributed by atoms with Crippen molar-refractivity contribution in [1.29, 1.82) is 0 Å². The summed E-state index contributed by atoms with van der Waals surface area (Å²) in [6.07, 6.45) is 0. The van der Waals surface area contributed by atoms with Crippen molar-refractivity contribution in [3.63, 3.8) is 0 Å². The maximum Gasteiger partial charge on any atom is 0.243 e. The smallest absolute Gasteiger partial charge is 0.243 e. The lowest BCUT2D eigenvalue weighted by atomic mass is 10.1. The summed E-state index contributed by atoms with van der Waals surface area (Å²) in [5.41, 5.74) is 5.92. The van der Waals surface area contributed by atoms with Crippen LogP contribution in [0.1, 0.15) is 18.5 Å². The van der Waals surface area contributed by atoms with Gasteiger partial charge in [-0.05, 0) is 24.6 Å². The second-order valence-electron chi connectivity index (χ2n) is 3.75. The first-order valence-corrected chi connectivity index (χ1v) is 5.44. The first-order chi connectivity index (χ1) is 8.09. The molecule has 1 atom stereocenters. The molecule has 4 nitrogen and oxygen atoms in total. The van der Waals surface area contributed by atoms with Gasteiger partial charge in [0.25, 0.3) is 0 Å². The van der Waals surface area contributed by atoms with Gasteiger partial charge in [-0.25, -0.2) is 4.39 Å². The molecular formula is C12H17FN2O2. The van der Waals surface area contributed by atoms with E-state index in [0.29, 0.717) is 13.2 Å². The minimum absolute atomic E-state index is 0.0629. The van der Waals surface area contributed by atoms with Crippen LogP contribution in [0.4, 0.5) is 4.39 Å². The quantitative estimate of drug-likeness (QED) is 0.698. The Morgan fingerprint density at radius 3 is 2.71 bits per heavy atom. The molecule has 0 saturated heterocycles. The summed E-state index contributed by atoms with van der Waals surface area (Å²) < 4.78 is 17.7. The van der Waals surface area contributed by atoms with Gasteiger partial charge in [0.1, 0.15) is 12.4 Å². The monoisotopic (exact) mass is 240 g/mol. The number of ether oxygens (including phenoxy) is 1. The Kier molecular flexibility index (Phi) is 5.59. The van der Waals surface area contributed by atoms with E-state index in [-0.39, 0.29) is 18.5 Å². The average Bonchev–Trinajstić information content (AvgIpc) is 2.29. The first-order valence-electron chi connectivity index (χ1n) is 5.44. The van der Waals surface area contributed by atoms with Crippen LogP contribution in [-0.4, -0.2) is 25.7 Å². The second-order valence-corrected chi connectivity index (χ2v) is 3.75. The molecule has 0 aromatic heterocycles. The topological polar surface area (TPSA) is 64.3 Å². The fraction of sp³-hybridized carbons (Fsp3) is 0.417. The number of nitrogens with two attached hydrogens (primary N) is 1. The molecule has 0 fully saturated rings. The van der Waals surface area contributed by atoms with E-state index in [2.05, 4.69) is 5.32 Å². The summed E-state index contributed by atoms with van der Waals surface area (Å²) in [7, 11) is 0. The summed E-state index contributed by atoms with van der Waals surface area (Å²) in [5, 5.41) is 3.19. The third kappa shape index (κ3) is 5.42. The fourth-order valence-electron chi connectivity index (χ4n) is 1.39. The van der Waals surface area contributed by atoms with Crippen LogP contribution in [0, 0.1) is 5.82 Å². The molecule has 3 N–H and O–H groups in total. The average molecular weight is 240 g/mol. The van der Waals surface area contributed by atoms with Gasteiger partial charge >= 0.3 is 0 Å². The zero-order chi connectivity index (χ0) is 12.7. The number of amides is 1. The number of hydrogen-bond acceptors (Lipinski definition) is 3. The SMILES string of the molecule is CC(NCCOCC(N)=O)c1ccc(F)cc1. The number of nitrogens with one attached hydrogen (secondary N) is 1. The van der Waals surface area contributed by atoms with Crippen LogP contribution >= 0.6 is 0 Å². The van der Waals surface area contributed by atoms with Gasteiger partial charge in [-0.3, -0.25) is 4.79 Å². The van der Waals surface area contributed by atoms with Crippen LogP contribution in [-0.2, 0) is 9.53 Å². The molecule has 0 radical (unpaired) electrons. The van der Waals surface area contributed by atoms with Gasteiger partial charge in [0, 0.05) is 12.6 Å². The van der Waals surface area contributed by atoms with Gasteiger partial charge in [-0.2, -0.15) is 0 Å². The van der Waals surface area contributed by atoms with Crippen molar-refractivity contribution in [3.05, 3.63) is 35.6 Å². The highest BCUT2D eigenvalue weighted by atomic mass is 19.1. The van der Waals surface area contributed by atoms with E-state index in [1.807, 2.05) is 6.92 Å². The predicted octanol–water partition coefficient (Wildman–Crippen LogP) is 0.978. The molecule has 17 heavy (non-hydrogen) atoms. The summed E-state index contributed by atoms with van der Waals surface area (Å²) in [4.78, 5) is 10.4. The minimum Gasteiger partial charge on any atom is -0.370 e. The van der Waals surface area contributed by atoms with Crippen molar-refractivity contribution in [2.45, 2.75) is 13.0 Å². The van der Waals surface area contributed by atoms with Gasteiger partial charge in [0.15, 0.2) is 0 Å². The highest BCUT2D eigenvalue weighted by molar-refractivity contribution is 5.74. The third-order valence-corrected chi connectivity index (χ3v) is 2.31. The molecule has 5 heteroatoms. The van der Waals surface area contributed by atoms with Crippen molar-refractivity contribution in [2.75, 3.05) is 19.8 Å². The highest BCUT2D eigenvalue weighted by Gasteiger charge is 2.04. The molecule has 0 bridgehead atoms. The Morgan fingerprint density at radius 2 is 2.12 bits per heavy atom. The summed E-state index contributed by atoms with van der Waals surface area (Å²) in [6.45, 7) is 2.92. The Hall–Kier alpha value is -1.46. The molecule has 0 aliphatic rings. The molecular weight excluding hydrogens is 223 g/mol. The number of primary amides is 1. The van der Waals surface area contributed by atoms with Gasteiger partial charge in [0.05, 0.1) is 6.61 Å². The number of benzene rings is 1. The second kappa shape index (κ2) is 6.98. The van der Waals surface area contributed by atoms with Crippen LogP contribution in [0.2, 0.25) is 0 Å². The van der Waals surface area contributed by atoms with Crippen molar-refractivity contribution in [2.24, 2.45) is 5.73 Å². The summed E-state index contributed by atoms with van der Waals surface area (Å²) >= 11 is 0. The van der Waals surface area contributed by atoms with Crippen LogP contribution in [0.15, 0.2) is 24.3 Å². The molecule has 94 valence electrons. The molecule has 0 aliphatic carbocycles. The number of hydrogen-bond donors (Lipinski definition) is 2. The maximum absolute atomic E-state index is 12.7. The van der Waals surface area contributed by atoms with E-state index in [1.165, 1.54) is 12.1 Å². The van der Waals surface area contributed by atoms with Crippen LogP contribution < -0.4 is 11.1 Å². The molecule has 1 unspecified atom stereocenters. The van der Waals surface area contributed by atoms with Gasteiger partial charge in [-0.1, -0.05) is 12.1 Å². The lowest BCUT2D eigenvalue weighted by molar-refractivity contribution is -0.122. The summed E-state index contributed by atoms with van der Waals surface area (Å²) in [5.74, 6) is -0.720. The van der Waals surface area contributed by atoms with E-state index in [1.54, 1.807) is 12.1 Å². The number of carbonyl (C=O) groups excluding carboxylic acids is 1. The molecule has 1 rings (SSSR count). The van der Waals surface area contributed by atoms with E-state index in [9.17, 15) is 9.18 Å². The van der Waals surface area contributed by atoms with E-state index in [4.69, 9.17) is 10.5 Å². The van der Waals surface area contributed by atoms with E-state index < -0.39 is 5.91 Å². The zero-order valence-corrected chi connectivity index (χ0v) is 9.78. The lowest BCUT2D eigenvalue weighted by Gasteiger charge is -2.14. The van der Waals surface area contributed by atoms with Crippen molar-refractivity contribution < 1.29 is 13.9 Å². The first kappa shape index (κ1) is 13.6. The lowest BCUT2D eigenvalue weighted by Crippen LogP contribution is -2.25. The third-order valence-electron chi connectivity index (χ3n) is 2.31. The van der Waals surface area contributed by atoms with Gasteiger partial charge in [-0.15, -0.1) is 0 Å². The van der Waals surface area contributed by atoms with Crippen molar-refractivity contribution in [3.8, 4) is 0 Å². The Morgan fingerprint density at radius 1 is 1.47 bits per heavy atom. The van der Waals surface area contributed by atoms with Crippen LogP contribution in [0.25, 0.3) is 0 Å². The van der Waals surface area contributed by atoms with Gasteiger partial charge in [0.2, 0.25) is 5.91 Å². The normalized spacial score (nSPS) is 12.4. The van der Waals surface area contributed by atoms with E-state index in [0.717, 1.165) is 5.56 Å². The highest BCUT2D eigenvalue weighted by Crippen LogP contribution is 2.12. The predicted molar refractivity (Wildman–Crippen MR) is 62.8 cm³/mol. The minimum atomic E-state index is -0.475. The maximum atomic E-state index is 12.7. The van der Waals surface area contributed by atoms with Crippen molar-refractivity contribution in [1.82, 2.24) is 5.32 Å². The van der Waals surface area contributed by atoms with Crippen molar-refractivity contribution >= 4 is 5.91 Å². The zero-order valence-electron chi connectivity index (χ0n) is 9.78. The largest absolute Gasteiger partial charge is 0.370 e. The fourth-order valence-corrected chi connectivity index (χ4v) is 1.39. The molecule has 1 aromatic rings. The molecule has 0 spiro atoms. The number of halogens is 1. The van der Waals surface area contributed by atoms with Crippen LogP contribution in [0.5, 0.6) is 0 Å². The molecule has 0 saturated carbocycles. The van der Waals surface area contributed by atoms with Crippen LogP contribution in [0.3, 0.4) is 0 Å². The molecule has 0 heterocycles. The van der Waals surface area contributed by atoms with Gasteiger partial charge < -0.3 is 15.8 Å². The Labute approximate surface area is 100.0 Å². The Balaban J connectivity index is 2.23.